The monoisotopic (exact) mass is 435 g/mol. The predicted molar refractivity (Wildman–Crippen MR) is 123 cm³/mol. The lowest BCUT2D eigenvalue weighted by molar-refractivity contribution is 0.0600. The molecule has 4 rings (SSSR count). The number of nitrogens with one attached hydrogen (secondary N) is 1. The van der Waals surface area contributed by atoms with Crippen molar-refractivity contribution in [2.24, 2.45) is 0 Å². The number of benzene rings is 1. The maximum absolute atomic E-state index is 12.9. The van der Waals surface area contributed by atoms with E-state index in [2.05, 4.69) is 16.8 Å². The summed E-state index contributed by atoms with van der Waals surface area (Å²) in [6, 6.07) is 8.50. The van der Waals surface area contributed by atoms with E-state index in [1.165, 1.54) is 25.5 Å². The largest absolute Gasteiger partial charge is 0.465 e. The molecule has 0 bridgehead atoms. The highest BCUT2D eigenvalue weighted by atomic mass is 32.1. The smallest absolute Gasteiger partial charge is 0.337 e. The van der Waals surface area contributed by atoms with Gasteiger partial charge in [0.05, 0.1) is 24.9 Å². The van der Waals surface area contributed by atoms with Crippen molar-refractivity contribution in [3.05, 3.63) is 75.5 Å². The lowest BCUT2D eigenvalue weighted by Gasteiger charge is -2.10. The molecule has 160 valence electrons. The number of ether oxygens (including phenoxy) is 1. The van der Waals surface area contributed by atoms with Gasteiger partial charge in [-0.1, -0.05) is 6.08 Å². The maximum Gasteiger partial charge on any atom is 0.337 e. The number of esters is 1. The quantitative estimate of drug-likeness (QED) is 0.534. The van der Waals surface area contributed by atoms with E-state index in [1.54, 1.807) is 35.6 Å². The second kappa shape index (κ2) is 9.31. The summed E-state index contributed by atoms with van der Waals surface area (Å²) in [5.41, 5.74) is 4.94. The number of carbonyl (C=O) groups is 2. The minimum atomic E-state index is -0.408. The molecule has 1 aliphatic carbocycles. The van der Waals surface area contributed by atoms with Crippen molar-refractivity contribution in [1.82, 2.24) is 9.55 Å². The van der Waals surface area contributed by atoms with Gasteiger partial charge in [0.1, 0.15) is 10.7 Å². The third kappa shape index (κ3) is 4.94. The number of carbonyl (C=O) groups excluding carboxylic acids is 2. The van der Waals surface area contributed by atoms with Crippen molar-refractivity contribution in [1.29, 1.82) is 0 Å². The Morgan fingerprint density at radius 2 is 2.03 bits per heavy atom. The van der Waals surface area contributed by atoms with Crippen LogP contribution >= 0.6 is 11.3 Å². The van der Waals surface area contributed by atoms with Crippen molar-refractivity contribution < 1.29 is 14.3 Å². The molecule has 2 aromatic heterocycles. The number of nitrogens with zero attached hydrogens (tertiary/aromatic N) is 2. The summed E-state index contributed by atoms with van der Waals surface area (Å²) in [5, 5.41) is 6.07. The van der Waals surface area contributed by atoms with Crippen molar-refractivity contribution in [2.45, 2.75) is 39.2 Å². The summed E-state index contributed by atoms with van der Waals surface area (Å²) in [6.45, 7) is 2.51. The van der Waals surface area contributed by atoms with Gasteiger partial charge in [-0.15, -0.1) is 11.3 Å². The highest BCUT2D eigenvalue weighted by molar-refractivity contribution is 7.10. The van der Waals surface area contributed by atoms with Gasteiger partial charge in [-0.25, -0.2) is 9.78 Å². The molecular weight excluding hydrogens is 410 g/mol. The molecule has 0 saturated carbocycles. The number of allylic oxidation sites excluding steroid dienone is 2. The van der Waals surface area contributed by atoms with Crippen molar-refractivity contribution in [2.75, 3.05) is 12.4 Å². The van der Waals surface area contributed by atoms with E-state index in [0.717, 1.165) is 29.1 Å². The first-order valence-electron chi connectivity index (χ1n) is 10.3. The second-order valence-electron chi connectivity index (χ2n) is 7.67. The van der Waals surface area contributed by atoms with Crippen LogP contribution in [0.4, 0.5) is 5.69 Å². The van der Waals surface area contributed by atoms with Crippen LogP contribution < -0.4 is 5.32 Å². The first kappa shape index (κ1) is 21.1. The van der Waals surface area contributed by atoms with E-state index in [1.807, 2.05) is 23.8 Å². The van der Waals surface area contributed by atoms with Crippen LogP contribution in [0.5, 0.6) is 0 Å². The molecule has 0 atom stereocenters. The summed E-state index contributed by atoms with van der Waals surface area (Å²) in [7, 11) is 1.34. The number of amides is 1. The van der Waals surface area contributed by atoms with Gasteiger partial charge in [-0.05, 0) is 74.1 Å². The Bertz CT molecular complexity index is 1130. The van der Waals surface area contributed by atoms with Crippen molar-refractivity contribution in [3.8, 4) is 0 Å². The molecule has 1 amide bonds. The predicted octanol–water partition coefficient (Wildman–Crippen LogP) is 5.30. The molecule has 2 heterocycles. The Kier molecular flexibility index (Phi) is 6.32. The molecule has 31 heavy (non-hydrogen) atoms. The highest BCUT2D eigenvalue weighted by Crippen LogP contribution is 2.29. The number of aromatic nitrogens is 2. The van der Waals surface area contributed by atoms with Crippen LogP contribution in [0.2, 0.25) is 0 Å². The molecule has 0 fully saturated rings. The van der Waals surface area contributed by atoms with E-state index in [0.29, 0.717) is 23.5 Å². The molecule has 0 spiro atoms. The molecular formula is C24H25N3O3S. The molecule has 6 nitrogen and oxygen atoms in total. The number of rotatable bonds is 6. The van der Waals surface area contributed by atoms with Crippen LogP contribution in [0, 0.1) is 6.92 Å². The van der Waals surface area contributed by atoms with Crippen molar-refractivity contribution in [3.63, 3.8) is 0 Å². The standard InChI is InChI=1S/C24H25N3O3S/c1-16-12-21(22(28)25-19-10-8-18(9-11-19)24(29)30-2)27(13-16)14-20-15-31-23(26-20)17-6-4-3-5-7-17/h6,8-13,15H,3-5,7,14H2,1-2H3,(H,25,28). The Hall–Kier alpha value is -3.19. The van der Waals surface area contributed by atoms with Crippen LogP contribution in [0.25, 0.3) is 5.57 Å². The minimum Gasteiger partial charge on any atom is -0.465 e. The van der Waals surface area contributed by atoms with Gasteiger partial charge in [-0.3, -0.25) is 4.79 Å². The van der Waals surface area contributed by atoms with E-state index in [4.69, 9.17) is 9.72 Å². The third-order valence-electron chi connectivity index (χ3n) is 5.28. The summed E-state index contributed by atoms with van der Waals surface area (Å²) in [5.74, 6) is -0.613. The lowest BCUT2D eigenvalue weighted by atomic mass is 10.0. The van der Waals surface area contributed by atoms with Crippen LogP contribution in [0.3, 0.4) is 0 Å². The summed E-state index contributed by atoms with van der Waals surface area (Å²) >= 11 is 1.67. The number of hydrogen-bond acceptors (Lipinski definition) is 5. The lowest BCUT2D eigenvalue weighted by Crippen LogP contribution is -2.17. The second-order valence-corrected chi connectivity index (χ2v) is 8.53. The highest BCUT2D eigenvalue weighted by Gasteiger charge is 2.16. The van der Waals surface area contributed by atoms with Gasteiger partial charge in [0.15, 0.2) is 0 Å². The zero-order valence-electron chi connectivity index (χ0n) is 17.7. The number of thiazole rings is 1. The van der Waals surface area contributed by atoms with Crippen molar-refractivity contribution >= 4 is 34.5 Å². The zero-order valence-corrected chi connectivity index (χ0v) is 18.5. The van der Waals surface area contributed by atoms with Crippen LogP contribution in [-0.4, -0.2) is 28.5 Å². The molecule has 7 heteroatoms. The average Bonchev–Trinajstić information content (AvgIpc) is 3.41. The number of hydrogen-bond donors (Lipinski definition) is 1. The molecule has 0 saturated heterocycles. The van der Waals surface area contributed by atoms with E-state index in [-0.39, 0.29) is 5.91 Å². The van der Waals surface area contributed by atoms with Gasteiger partial charge in [-0.2, -0.15) is 0 Å². The van der Waals surface area contributed by atoms with E-state index < -0.39 is 5.97 Å². The number of aryl methyl sites for hydroxylation is 1. The van der Waals surface area contributed by atoms with Gasteiger partial charge in [0.25, 0.3) is 5.91 Å². The van der Waals surface area contributed by atoms with Crippen LogP contribution in [0.15, 0.2) is 48.0 Å². The normalized spacial score (nSPS) is 13.5. The third-order valence-corrected chi connectivity index (χ3v) is 6.25. The Morgan fingerprint density at radius 1 is 1.23 bits per heavy atom. The molecule has 1 aliphatic rings. The SMILES string of the molecule is COC(=O)c1ccc(NC(=O)c2cc(C)cn2Cc2csc(C3=CCCCC3)n2)cc1. The molecule has 3 aromatic rings. The Balaban J connectivity index is 1.48. The number of methoxy groups -OCH3 is 1. The van der Waals surface area contributed by atoms with Crippen LogP contribution in [-0.2, 0) is 11.3 Å². The topological polar surface area (TPSA) is 73.2 Å². The van der Waals surface area contributed by atoms with Crippen LogP contribution in [0.1, 0.15) is 62.8 Å². The maximum atomic E-state index is 12.9. The van der Waals surface area contributed by atoms with Gasteiger partial charge in [0, 0.05) is 17.3 Å². The van der Waals surface area contributed by atoms with E-state index in [9.17, 15) is 9.59 Å². The zero-order chi connectivity index (χ0) is 21.8. The minimum absolute atomic E-state index is 0.204. The summed E-state index contributed by atoms with van der Waals surface area (Å²) in [4.78, 5) is 29.3. The summed E-state index contributed by atoms with van der Waals surface area (Å²) < 4.78 is 6.64. The summed E-state index contributed by atoms with van der Waals surface area (Å²) in [6.07, 6.45) is 8.98. The first-order valence-corrected chi connectivity index (χ1v) is 11.2. The Morgan fingerprint density at radius 3 is 2.74 bits per heavy atom. The average molecular weight is 436 g/mol. The fourth-order valence-corrected chi connectivity index (χ4v) is 4.60. The van der Waals surface area contributed by atoms with Gasteiger partial charge in [0.2, 0.25) is 0 Å². The molecule has 0 unspecified atom stereocenters. The van der Waals surface area contributed by atoms with E-state index >= 15 is 0 Å². The number of anilines is 1. The van der Waals surface area contributed by atoms with Gasteiger partial charge >= 0.3 is 5.97 Å². The fourth-order valence-electron chi connectivity index (χ4n) is 3.71. The fraction of sp³-hybridized carbons (Fsp3) is 0.292. The Labute approximate surface area is 185 Å². The molecule has 0 radical (unpaired) electrons. The molecule has 1 aromatic carbocycles. The molecule has 1 N–H and O–H groups in total. The van der Waals surface area contributed by atoms with Gasteiger partial charge < -0.3 is 14.6 Å². The first-order chi connectivity index (χ1) is 15.0. The molecule has 0 aliphatic heterocycles.